The van der Waals surface area contributed by atoms with Crippen molar-refractivity contribution in [3.63, 3.8) is 0 Å². The van der Waals surface area contributed by atoms with Crippen molar-refractivity contribution >= 4 is 35.5 Å². The summed E-state index contributed by atoms with van der Waals surface area (Å²) in [6.45, 7) is 2.28. The fourth-order valence-corrected chi connectivity index (χ4v) is 2.97. The normalized spacial score (nSPS) is 10.5. The number of nitrogens with one attached hydrogen (secondary N) is 1. The Kier molecular flexibility index (Phi) is 11.9. The zero-order chi connectivity index (χ0) is 16.8. The van der Waals surface area contributed by atoms with Gasteiger partial charge in [-0.05, 0) is 18.2 Å². The van der Waals surface area contributed by atoms with Crippen LogP contribution in [0.2, 0.25) is 0 Å². The molecule has 2 N–H and O–H groups in total. The number of thioether (sulfide) groups is 2. The van der Waals surface area contributed by atoms with E-state index in [0.29, 0.717) is 17.9 Å². The van der Waals surface area contributed by atoms with E-state index in [0.717, 1.165) is 48.2 Å². The first kappa shape index (κ1) is 20.2. The number of ether oxygens (including phenoxy) is 2. The molecule has 0 atom stereocenters. The second-order valence-corrected chi connectivity index (χ2v) is 6.98. The summed E-state index contributed by atoms with van der Waals surface area (Å²) in [5, 5.41) is 11.7. The number of anilines is 1. The maximum absolute atomic E-state index is 10.8. The van der Waals surface area contributed by atoms with Gasteiger partial charge in [-0.1, -0.05) is 0 Å². The third-order valence-corrected chi connectivity index (χ3v) is 4.71. The van der Waals surface area contributed by atoms with Gasteiger partial charge in [0.15, 0.2) is 0 Å². The number of aliphatic hydroxyl groups excluding tert-OH is 1. The van der Waals surface area contributed by atoms with Gasteiger partial charge in [-0.15, -0.1) is 0 Å². The van der Waals surface area contributed by atoms with Gasteiger partial charge >= 0.3 is 0 Å². The molecule has 0 radical (unpaired) electrons. The van der Waals surface area contributed by atoms with Gasteiger partial charge < -0.3 is 19.9 Å². The first-order chi connectivity index (χ1) is 11.3. The van der Waals surface area contributed by atoms with Crippen LogP contribution in [-0.4, -0.2) is 67.9 Å². The summed E-state index contributed by atoms with van der Waals surface area (Å²) >= 11 is 3.47. The second kappa shape index (κ2) is 13.5. The quantitative estimate of drug-likeness (QED) is 0.390. The number of rotatable bonds is 14. The number of carbonyl (C=O) groups is 1. The zero-order valence-corrected chi connectivity index (χ0v) is 15.1. The molecule has 0 aliphatic rings. The molecule has 5 nitrogen and oxygen atoms in total. The Bertz CT molecular complexity index is 446. The number of aliphatic hydroxyl groups is 1. The molecule has 0 amide bonds. The summed E-state index contributed by atoms with van der Waals surface area (Å²) in [6.07, 6.45) is 0.817. The molecule has 1 aromatic rings. The van der Waals surface area contributed by atoms with Gasteiger partial charge in [-0.25, -0.2) is 0 Å². The molecule has 0 unspecified atom stereocenters. The van der Waals surface area contributed by atoms with E-state index in [9.17, 15) is 4.79 Å². The molecule has 0 spiro atoms. The van der Waals surface area contributed by atoms with Crippen molar-refractivity contribution in [3.8, 4) is 5.75 Å². The summed E-state index contributed by atoms with van der Waals surface area (Å²) in [5.74, 6) is 4.21. The van der Waals surface area contributed by atoms with Gasteiger partial charge in [0, 0.05) is 35.6 Å². The Morgan fingerprint density at radius 3 is 2.48 bits per heavy atom. The second-order valence-electron chi connectivity index (χ2n) is 4.53. The van der Waals surface area contributed by atoms with Crippen molar-refractivity contribution in [1.29, 1.82) is 0 Å². The third-order valence-electron chi connectivity index (χ3n) is 2.88. The minimum Gasteiger partial charge on any atom is -0.491 e. The van der Waals surface area contributed by atoms with Crippen molar-refractivity contribution in [3.05, 3.63) is 23.8 Å². The molecule has 0 heterocycles. The molecule has 0 aliphatic heterocycles. The van der Waals surface area contributed by atoms with Crippen molar-refractivity contribution < 1.29 is 19.4 Å². The number of hydrogen-bond donors (Lipinski definition) is 2. The van der Waals surface area contributed by atoms with Crippen LogP contribution in [0.5, 0.6) is 5.75 Å². The lowest BCUT2D eigenvalue weighted by Gasteiger charge is -2.11. The summed E-state index contributed by atoms with van der Waals surface area (Å²) in [5.41, 5.74) is 1.49. The molecule has 0 bridgehead atoms. The minimum atomic E-state index is 0.228. The van der Waals surface area contributed by atoms with Gasteiger partial charge in [0.05, 0.1) is 32.1 Å². The fourth-order valence-electron chi connectivity index (χ4n) is 1.76. The lowest BCUT2D eigenvalue weighted by atomic mass is 10.2. The molecular weight excluding hydrogens is 334 g/mol. The number of carbonyl (C=O) groups excluding carboxylic acids is 1. The van der Waals surface area contributed by atoms with Crippen molar-refractivity contribution in [2.45, 2.75) is 0 Å². The van der Waals surface area contributed by atoms with Crippen LogP contribution in [-0.2, 0) is 4.74 Å². The predicted octanol–water partition coefficient (Wildman–Crippen LogP) is 2.39. The van der Waals surface area contributed by atoms with Crippen LogP contribution in [0.1, 0.15) is 10.4 Å². The highest BCUT2D eigenvalue weighted by molar-refractivity contribution is 7.99. The molecule has 23 heavy (non-hydrogen) atoms. The topological polar surface area (TPSA) is 67.8 Å². The van der Waals surface area contributed by atoms with E-state index in [1.807, 2.05) is 13.1 Å². The number of aldehydes is 1. The third kappa shape index (κ3) is 9.10. The van der Waals surface area contributed by atoms with Crippen molar-refractivity contribution in [2.24, 2.45) is 0 Å². The Labute approximate surface area is 146 Å². The van der Waals surface area contributed by atoms with Crippen LogP contribution >= 0.6 is 23.5 Å². The van der Waals surface area contributed by atoms with E-state index in [2.05, 4.69) is 5.32 Å². The van der Waals surface area contributed by atoms with E-state index in [-0.39, 0.29) is 6.61 Å². The van der Waals surface area contributed by atoms with E-state index in [4.69, 9.17) is 14.6 Å². The molecule has 7 heteroatoms. The summed E-state index contributed by atoms with van der Waals surface area (Å²) in [7, 11) is 1.83. The lowest BCUT2D eigenvalue weighted by Crippen LogP contribution is -2.06. The molecule has 0 fully saturated rings. The molecular formula is C16H25NO4S2. The van der Waals surface area contributed by atoms with Crippen molar-refractivity contribution in [2.75, 3.05) is 61.8 Å². The Morgan fingerprint density at radius 1 is 1.13 bits per heavy atom. The summed E-state index contributed by atoms with van der Waals surface area (Å²) < 4.78 is 11.2. The van der Waals surface area contributed by atoms with E-state index in [1.165, 1.54) is 0 Å². The fraction of sp³-hybridized carbons (Fsp3) is 0.562. The van der Waals surface area contributed by atoms with E-state index in [1.54, 1.807) is 35.7 Å². The van der Waals surface area contributed by atoms with Gasteiger partial charge in [0.25, 0.3) is 0 Å². The summed E-state index contributed by atoms with van der Waals surface area (Å²) in [6, 6.07) is 5.35. The number of hydrogen-bond acceptors (Lipinski definition) is 7. The summed E-state index contributed by atoms with van der Waals surface area (Å²) in [4.78, 5) is 10.8. The van der Waals surface area contributed by atoms with Crippen LogP contribution in [0.25, 0.3) is 0 Å². The molecule has 130 valence electrons. The Balaban J connectivity index is 2.08. The molecule has 0 saturated carbocycles. The Hall–Kier alpha value is -0.890. The van der Waals surface area contributed by atoms with Gasteiger partial charge in [-0.2, -0.15) is 23.5 Å². The average molecular weight is 360 g/mol. The van der Waals surface area contributed by atoms with Crippen LogP contribution < -0.4 is 10.1 Å². The predicted molar refractivity (Wildman–Crippen MR) is 99.4 cm³/mol. The standard InChI is InChI=1S/C16H25NO4S2/c1-17-15-3-2-14(13-19)12-16(15)21-7-11-23-10-6-20-5-9-22-8-4-18/h2-3,12-13,17-18H,4-11H2,1H3. The van der Waals surface area contributed by atoms with Gasteiger partial charge in [-0.3, -0.25) is 4.79 Å². The van der Waals surface area contributed by atoms with E-state index >= 15 is 0 Å². The highest BCUT2D eigenvalue weighted by Gasteiger charge is 2.03. The lowest BCUT2D eigenvalue weighted by molar-refractivity contribution is 0.112. The largest absolute Gasteiger partial charge is 0.491 e. The monoisotopic (exact) mass is 359 g/mol. The van der Waals surface area contributed by atoms with Gasteiger partial charge in [0.1, 0.15) is 12.0 Å². The van der Waals surface area contributed by atoms with E-state index < -0.39 is 0 Å². The van der Waals surface area contributed by atoms with Crippen LogP contribution in [0.4, 0.5) is 5.69 Å². The highest BCUT2D eigenvalue weighted by Crippen LogP contribution is 2.25. The molecule has 0 aromatic heterocycles. The van der Waals surface area contributed by atoms with Crippen molar-refractivity contribution in [1.82, 2.24) is 0 Å². The minimum absolute atomic E-state index is 0.228. The molecule has 0 aliphatic carbocycles. The van der Waals surface area contributed by atoms with Crippen LogP contribution in [0.15, 0.2) is 18.2 Å². The van der Waals surface area contributed by atoms with Crippen LogP contribution in [0, 0.1) is 0 Å². The first-order valence-corrected chi connectivity index (χ1v) is 9.86. The maximum atomic E-state index is 10.8. The van der Waals surface area contributed by atoms with Gasteiger partial charge in [0.2, 0.25) is 0 Å². The average Bonchev–Trinajstić information content (AvgIpc) is 2.59. The Morgan fingerprint density at radius 2 is 1.83 bits per heavy atom. The molecule has 0 saturated heterocycles. The SMILES string of the molecule is CNc1ccc(C=O)cc1OCCSCCOCCSCCO. The smallest absolute Gasteiger partial charge is 0.150 e. The molecule has 1 aromatic carbocycles. The maximum Gasteiger partial charge on any atom is 0.150 e. The number of benzene rings is 1. The van der Waals surface area contributed by atoms with Crippen LogP contribution in [0.3, 0.4) is 0 Å². The molecule has 1 rings (SSSR count). The zero-order valence-electron chi connectivity index (χ0n) is 13.5. The first-order valence-electron chi connectivity index (χ1n) is 7.55. The highest BCUT2D eigenvalue weighted by atomic mass is 32.2.